The maximum atomic E-state index is 11.1. The number of nitrogens with one attached hydrogen (secondary N) is 2. The number of piperidine rings is 1. The van der Waals surface area contributed by atoms with Crippen LogP contribution in [0.1, 0.15) is 39.5 Å². The monoisotopic (exact) mass is 332 g/mol. The summed E-state index contributed by atoms with van der Waals surface area (Å²) >= 11 is 0. The zero-order chi connectivity index (χ0) is 16.4. The van der Waals surface area contributed by atoms with Crippen LogP contribution in [-0.2, 0) is 9.84 Å². The summed E-state index contributed by atoms with van der Waals surface area (Å²) in [6, 6.07) is 0.693. The molecule has 0 aromatic carbocycles. The van der Waals surface area contributed by atoms with Crippen molar-refractivity contribution in [1.29, 1.82) is 0 Å². The van der Waals surface area contributed by atoms with E-state index in [1.165, 1.54) is 32.1 Å². The molecule has 0 bridgehead atoms. The van der Waals surface area contributed by atoms with Gasteiger partial charge in [0, 0.05) is 38.5 Å². The molecule has 0 saturated carbocycles. The summed E-state index contributed by atoms with van der Waals surface area (Å²) in [5, 5.41) is 6.22. The summed E-state index contributed by atoms with van der Waals surface area (Å²) in [7, 11) is -2.93. The van der Waals surface area contributed by atoms with Crippen molar-refractivity contribution in [3.63, 3.8) is 0 Å². The predicted molar refractivity (Wildman–Crippen MR) is 93.2 cm³/mol. The summed E-state index contributed by atoms with van der Waals surface area (Å²) < 4.78 is 22.3. The third-order valence-corrected chi connectivity index (χ3v) is 4.87. The number of guanidine groups is 1. The molecule has 1 unspecified atom stereocenters. The molecule has 1 rings (SSSR count). The molecule has 22 heavy (non-hydrogen) atoms. The lowest BCUT2D eigenvalue weighted by Crippen LogP contribution is -2.40. The minimum atomic E-state index is -2.93. The van der Waals surface area contributed by atoms with E-state index in [2.05, 4.69) is 27.4 Å². The van der Waals surface area contributed by atoms with Crippen LogP contribution in [0.15, 0.2) is 4.99 Å². The Kier molecular flexibility index (Phi) is 8.78. The fourth-order valence-corrected chi connectivity index (χ4v) is 3.12. The molecule has 1 aliphatic heterocycles. The van der Waals surface area contributed by atoms with Gasteiger partial charge in [-0.3, -0.25) is 4.99 Å². The van der Waals surface area contributed by atoms with E-state index in [1.807, 2.05) is 6.92 Å². The quantitative estimate of drug-likeness (QED) is 0.392. The van der Waals surface area contributed by atoms with Crippen LogP contribution in [0.3, 0.4) is 0 Å². The standard InChI is InChI=1S/C15H32N4O2S/c1-4-16-15(18-10-13-22(3,20)21)17-9-7-12-19-11-6-5-8-14(19)2/h14H,4-13H2,1-3H3,(H2,16,17,18). The molecule has 0 aromatic rings. The third-order valence-electron chi connectivity index (χ3n) is 3.92. The summed E-state index contributed by atoms with van der Waals surface area (Å²) in [4.78, 5) is 7.06. The summed E-state index contributed by atoms with van der Waals surface area (Å²) in [5.41, 5.74) is 0. The Morgan fingerprint density at radius 3 is 2.73 bits per heavy atom. The molecule has 130 valence electrons. The number of aliphatic imine (C=N–C) groups is 1. The first-order chi connectivity index (χ1) is 10.4. The topological polar surface area (TPSA) is 73.8 Å². The van der Waals surface area contributed by atoms with Crippen LogP contribution in [0.25, 0.3) is 0 Å². The van der Waals surface area contributed by atoms with Crippen LogP contribution in [0, 0.1) is 0 Å². The van der Waals surface area contributed by atoms with E-state index in [9.17, 15) is 8.42 Å². The highest BCUT2D eigenvalue weighted by Crippen LogP contribution is 2.16. The van der Waals surface area contributed by atoms with Crippen LogP contribution in [-0.4, -0.2) is 70.1 Å². The van der Waals surface area contributed by atoms with Crippen LogP contribution >= 0.6 is 0 Å². The average molecular weight is 333 g/mol. The molecule has 6 nitrogen and oxygen atoms in total. The highest BCUT2D eigenvalue weighted by molar-refractivity contribution is 7.90. The zero-order valence-corrected chi connectivity index (χ0v) is 15.1. The number of hydrogen-bond donors (Lipinski definition) is 2. The van der Waals surface area contributed by atoms with Gasteiger partial charge in [-0.05, 0) is 39.7 Å². The van der Waals surface area contributed by atoms with E-state index < -0.39 is 9.84 Å². The normalized spacial score (nSPS) is 20.9. The second-order valence-electron chi connectivity index (χ2n) is 6.05. The SMILES string of the molecule is CCNC(=NCCCN1CCCCC1C)NCCS(C)(=O)=O. The smallest absolute Gasteiger partial charge is 0.191 e. The van der Waals surface area contributed by atoms with Crippen molar-refractivity contribution >= 4 is 15.8 Å². The van der Waals surface area contributed by atoms with Crippen LogP contribution in [0.5, 0.6) is 0 Å². The van der Waals surface area contributed by atoms with Crippen molar-refractivity contribution in [2.24, 2.45) is 4.99 Å². The van der Waals surface area contributed by atoms with E-state index in [4.69, 9.17) is 0 Å². The lowest BCUT2D eigenvalue weighted by molar-refractivity contribution is 0.160. The highest BCUT2D eigenvalue weighted by atomic mass is 32.2. The molecule has 1 aliphatic rings. The first-order valence-corrected chi connectivity index (χ1v) is 10.4. The molecular formula is C15H32N4O2S. The Balaban J connectivity index is 2.29. The van der Waals surface area contributed by atoms with Crippen LogP contribution in [0.2, 0.25) is 0 Å². The van der Waals surface area contributed by atoms with E-state index >= 15 is 0 Å². The second kappa shape index (κ2) is 10.0. The number of sulfone groups is 1. The Morgan fingerprint density at radius 1 is 1.32 bits per heavy atom. The van der Waals surface area contributed by atoms with Crippen molar-refractivity contribution in [3.05, 3.63) is 0 Å². The number of hydrogen-bond acceptors (Lipinski definition) is 4. The van der Waals surface area contributed by atoms with Gasteiger partial charge in [0.05, 0.1) is 5.75 Å². The maximum Gasteiger partial charge on any atom is 0.191 e. The van der Waals surface area contributed by atoms with Gasteiger partial charge in [-0.15, -0.1) is 0 Å². The number of rotatable bonds is 8. The van der Waals surface area contributed by atoms with Crippen LogP contribution in [0.4, 0.5) is 0 Å². The Bertz CT molecular complexity index is 437. The van der Waals surface area contributed by atoms with Gasteiger partial charge in [-0.1, -0.05) is 6.42 Å². The van der Waals surface area contributed by atoms with Crippen molar-refractivity contribution in [1.82, 2.24) is 15.5 Å². The fourth-order valence-electron chi connectivity index (χ4n) is 2.65. The molecule has 0 aromatic heterocycles. The molecule has 2 N–H and O–H groups in total. The van der Waals surface area contributed by atoms with Gasteiger partial charge < -0.3 is 15.5 Å². The lowest BCUT2D eigenvalue weighted by atomic mass is 10.0. The summed E-state index contributed by atoms with van der Waals surface area (Å²) in [6.45, 7) is 8.53. The van der Waals surface area contributed by atoms with E-state index in [0.29, 0.717) is 18.5 Å². The predicted octanol–water partition coefficient (Wildman–Crippen LogP) is 0.851. The first-order valence-electron chi connectivity index (χ1n) is 8.36. The van der Waals surface area contributed by atoms with Crippen LogP contribution < -0.4 is 10.6 Å². The average Bonchev–Trinajstić information content (AvgIpc) is 2.44. The van der Waals surface area contributed by atoms with Crippen molar-refractivity contribution in [3.8, 4) is 0 Å². The van der Waals surface area contributed by atoms with Gasteiger partial charge in [0.1, 0.15) is 9.84 Å². The summed E-state index contributed by atoms with van der Waals surface area (Å²) in [5.74, 6) is 0.834. The van der Waals surface area contributed by atoms with Crippen molar-refractivity contribution in [2.45, 2.75) is 45.6 Å². The third kappa shape index (κ3) is 8.58. The Hall–Kier alpha value is -0.820. The molecule has 7 heteroatoms. The number of likely N-dealkylation sites (tertiary alicyclic amines) is 1. The van der Waals surface area contributed by atoms with Gasteiger partial charge in [-0.2, -0.15) is 0 Å². The minimum absolute atomic E-state index is 0.128. The minimum Gasteiger partial charge on any atom is -0.357 e. The molecule has 1 atom stereocenters. The van der Waals surface area contributed by atoms with Gasteiger partial charge >= 0.3 is 0 Å². The zero-order valence-electron chi connectivity index (χ0n) is 14.3. The molecule has 0 spiro atoms. The lowest BCUT2D eigenvalue weighted by Gasteiger charge is -2.33. The van der Waals surface area contributed by atoms with Gasteiger partial charge in [0.2, 0.25) is 0 Å². The molecule has 0 amide bonds. The molecule has 0 aliphatic carbocycles. The number of nitrogens with zero attached hydrogens (tertiary/aromatic N) is 2. The summed E-state index contributed by atoms with van der Waals surface area (Å²) in [6.07, 6.45) is 6.25. The first kappa shape index (κ1) is 19.2. The van der Waals surface area contributed by atoms with Crippen molar-refractivity contribution in [2.75, 3.05) is 44.7 Å². The van der Waals surface area contributed by atoms with E-state index in [-0.39, 0.29) is 5.75 Å². The molecule has 1 heterocycles. The van der Waals surface area contributed by atoms with E-state index in [0.717, 1.165) is 26.1 Å². The fraction of sp³-hybridized carbons (Fsp3) is 0.933. The Labute approximate surface area is 135 Å². The molecular weight excluding hydrogens is 300 g/mol. The van der Waals surface area contributed by atoms with Crippen molar-refractivity contribution < 1.29 is 8.42 Å². The van der Waals surface area contributed by atoms with Gasteiger partial charge in [0.15, 0.2) is 5.96 Å². The molecule has 0 radical (unpaired) electrons. The van der Waals surface area contributed by atoms with Gasteiger partial charge in [-0.25, -0.2) is 8.42 Å². The second-order valence-corrected chi connectivity index (χ2v) is 8.31. The van der Waals surface area contributed by atoms with Gasteiger partial charge in [0.25, 0.3) is 0 Å². The van der Waals surface area contributed by atoms with E-state index in [1.54, 1.807) is 0 Å². The molecule has 1 fully saturated rings. The maximum absolute atomic E-state index is 11.1. The molecule has 1 saturated heterocycles. The largest absolute Gasteiger partial charge is 0.357 e. The highest BCUT2D eigenvalue weighted by Gasteiger charge is 2.16. The Morgan fingerprint density at radius 2 is 2.09 bits per heavy atom.